The van der Waals surface area contributed by atoms with Crippen LogP contribution in [0.5, 0.6) is 0 Å². The van der Waals surface area contributed by atoms with E-state index < -0.39 is 5.54 Å². The highest BCUT2D eigenvalue weighted by Gasteiger charge is 2.47. The number of nitrogens with one attached hydrogen (secondary N) is 1. The number of fused-ring (bicyclic) bond motifs is 1. The Morgan fingerprint density at radius 2 is 1.88 bits per heavy atom. The number of hydrogen-bond acceptors (Lipinski definition) is 6. The molecule has 2 saturated carbocycles. The zero-order valence-electron chi connectivity index (χ0n) is 17.8. The maximum atomic E-state index is 13.4. The van der Waals surface area contributed by atoms with E-state index >= 15 is 0 Å². The average Bonchev–Trinajstić information content (AvgIpc) is 3.47. The molecule has 32 heavy (non-hydrogen) atoms. The van der Waals surface area contributed by atoms with Crippen LogP contribution < -0.4 is 10.2 Å². The van der Waals surface area contributed by atoms with E-state index in [0.717, 1.165) is 58.6 Å². The lowest BCUT2D eigenvalue weighted by atomic mass is 9.77. The summed E-state index contributed by atoms with van der Waals surface area (Å²) < 4.78 is 2.19. The predicted molar refractivity (Wildman–Crippen MR) is 127 cm³/mol. The lowest BCUT2D eigenvalue weighted by Gasteiger charge is -2.39. The quantitative estimate of drug-likeness (QED) is 0.670. The molecular formula is C23H26BrN5O2S. The van der Waals surface area contributed by atoms with Crippen molar-refractivity contribution in [3.63, 3.8) is 0 Å². The Hall–Kier alpha value is -2.18. The van der Waals surface area contributed by atoms with E-state index in [1.54, 1.807) is 11.3 Å². The Morgan fingerprint density at radius 3 is 2.56 bits per heavy atom. The number of halogens is 1. The molecule has 1 N–H and O–H groups in total. The number of amides is 2. The largest absolute Gasteiger partial charge is 0.345 e. The molecule has 2 amide bonds. The lowest BCUT2D eigenvalue weighted by Crippen LogP contribution is -2.53. The van der Waals surface area contributed by atoms with Crippen LogP contribution in [0.2, 0.25) is 0 Å². The molecule has 7 nitrogen and oxygen atoms in total. The molecular weight excluding hydrogens is 490 g/mol. The number of nitriles is 1. The third-order valence-corrected chi connectivity index (χ3v) is 8.52. The van der Waals surface area contributed by atoms with Crippen LogP contribution in [0.3, 0.4) is 0 Å². The van der Waals surface area contributed by atoms with Gasteiger partial charge in [-0.3, -0.25) is 9.59 Å². The second kappa shape index (κ2) is 8.64. The summed E-state index contributed by atoms with van der Waals surface area (Å²) in [5.74, 6) is -0.603. The molecule has 0 spiro atoms. The van der Waals surface area contributed by atoms with Gasteiger partial charge in [0.25, 0.3) is 0 Å². The number of aromatic nitrogens is 1. The first-order valence-corrected chi connectivity index (χ1v) is 12.9. The number of benzene rings is 1. The molecule has 5 rings (SSSR count). The number of rotatable bonds is 4. The molecule has 2 aliphatic carbocycles. The summed E-state index contributed by atoms with van der Waals surface area (Å²) in [7, 11) is 0. The number of carbonyl (C=O) groups is 2. The number of nitrogens with zero attached hydrogens (tertiary/aromatic N) is 4. The smallest absolute Gasteiger partial charge is 0.226 e. The van der Waals surface area contributed by atoms with E-state index in [9.17, 15) is 14.9 Å². The van der Waals surface area contributed by atoms with Gasteiger partial charge in [-0.25, -0.2) is 4.98 Å². The van der Waals surface area contributed by atoms with Gasteiger partial charge in [0.05, 0.1) is 16.3 Å². The van der Waals surface area contributed by atoms with Gasteiger partial charge >= 0.3 is 0 Å². The number of thiazole rings is 1. The Morgan fingerprint density at radius 1 is 1.16 bits per heavy atom. The molecule has 9 heteroatoms. The van der Waals surface area contributed by atoms with Crippen molar-refractivity contribution in [3.8, 4) is 6.07 Å². The van der Waals surface area contributed by atoms with Crippen LogP contribution in [0.25, 0.3) is 10.2 Å². The number of carbonyl (C=O) groups excluding carboxylic acids is 2. The lowest BCUT2D eigenvalue weighted by molar-refractivity contribution is -0.144. The van der Waals surface area contributed by atoms with Gasteiger partial charge in [-0.05, 0) is 43.9 Å². The fraction of sp³-hybridized carbons (Fsp3) is 0.565. The minimum Gasteiger partial charge on any atom is -0.345 e. The van der Waals surface area contributed by atoms with Crippen LogP contribution >= 0.6 is 27.3 Å². The van der Waals surface area contributed by atoms with Gasteiger partial charge in [-0.15, -0.1) is 0 Å². The SMILES string of the molecule is N#CC1(NC(=O)[C@@H]2CCCCC2C(=O)N2CCN(c3nc4ccc(Br)cc4s3)CC2)CC1. The van der Waals surface area contributed by atoms with Gasteiger partial charge in [-0.2, -0.15) is 5.26 Å². The second-order valence-corrected chi connectivity index (χ2v) is 11.0. The van der Waals surface area contributed by atoms with Gasteiger partial charge < -0.3 is 15.1 Å². The van der Waals surface area contributed by atoms with Crippen molar-refractivity contribution in [1.82, 2.24) is 15.2 Å². The van der Waals surface area contributed by atoms with Crippen molar-refractivity contribution in [2.24, 2.45) is 11.8 Å². The van der Waals surface area contributed by atoms with Gasteiger partial charge in [0.15, 0.2) is 5.13 Å². The van der Waals surface area contributed by atoms with Crippen LogP contribution in [0.1, 0.15) is 38.5 Å². The molecule has 3 fully saturated rings. The highest BCUT2D eigenvalue weighted by molar-refractivity contribution is 9.10. The van der Waals surface area contributed by atoms with Gasteiger partial charge in [0.2, 0.25) is 11.8 Å². The van der Waals surface area contributed by atoms with E-state index in [2.05, 4.69) is 38.3 Å². The Labute approximate surface area is 199 Å². The minimum absolute atomic E-state index is 0.0968. The van der Waals surface area contributed by atoms with E-state index in [-0.39, 0.29) is 23.7 Å². The van der Waals surface area contributed by atoms with Crippen molar-refractivity contribution < 1.29 is 9.59 Å². The summed E-state index contributed by atoms with van der Waals surface area (Å²) >= 11 is 5.19. The summed E-state index contributed by atoms with van der Waals surface area (Å²) in [6.45, 7) is 2.78. The molecule has 2 aromatic rings. The first kappa shape index (κ1) is 21.7. The molecule has 1 aromatic heterocycles. The maximum absolute atomic E-state index is 13.4. The molecule has 0 bridgehead atoms. The van der Waals surface area contributed by atoms with E-state index in [1.165, 1.54) is 0 Å². The third kappa shape index (κ3) is 4.23. The fourth-order valence-corrected chi connectivity index (χ4v) is 6.40. The average molecular weight is 516 g/mol. The van der Waals surface area contributed by atoms with Crippen molar-refractivity contribution in [2.45, 2.75) is 44.1 Å². The van der Waals surface area contributed by atoms with Crippen molar-refractivity contribution >= 4 is 54.4 Å². The number of piperazine rings is 1. The third-order valence-electron chi connectivity index (χ3n) is 6.95. The summed E-state index contributed by atoms with van der Waals surface area (Å²) in [6, 6.07) is 8.33. The van der Waals surface area contributed by atoms with E-state index in [0.29, 0.717) is 25.9 Å². The Bertz CT molecular complexity index is 1080. The van der Waals surface area contributed by atoms with E-state index in [4.69, 9.17) is 4.98 Å². The molecule has 1 saturated heterocycles. The fourth-order valence-electron chi connectivity index (χ4n) is 4.83. The van der Waals surface area contributed by atoms with Crippen LogP contribution in [0.4, 0.5) is 5.13 Å². The zero-order chi connectivity index (χ0) is 22.3. The molecule has 1 aromatic carbocycles. The van der Waals surface area contributed by atoms with E-state index in [1.807, 2.05) is 17.0 Å². The molecule has 168 valence electrons. The molecule has 2 atom stereocenters. The van der Waals surface area contributed by atoms with Crippen molar-refractivity contribution in [3.05, 3.63) is 22.7 Å². The van der Waals surface area contributed by atoms with Crippen LogP contribution in [-0.2, 0) is 9.59 Å². The summed E-state index contributed by atoms with van der Waals surface area (Å²) in [6.07, 6.45) is 4.85. The molecule has 2 heterocycles. The highest BCUT2D eigenvalue weighted by Crippen LogP contribution is 2.38. The summed E-state index contributed by atoms with van der Waals surface area (Å²) in [5.41, 5.74) is 0.314. The summed E-state index contributed by atoms with van der Waals surface area (Å²) in [4.78, 5) is 35.2. The number of anilines is 1. The van der Waals surface area contributed by atoms with Crippen molar-refractivity contribution in [2.75, 3.05) is 31.1 Å². The molecule has 1 unspecified atom stereocenters. The first-order valence-electron chi connectivity index (χ1n) is 11.3. The normalized spacial score (nSPS) is 24.8. The topological polar surface area (TPSA) is 89.3 Å². The van der Waals surface area contributed by atoms with Crippen LogP contribution in [0, 0.1) is 23.2 Å². The zero-order valence-corrected chi connectivity index (χ0v) is 20.3. The van der Waals surface area contributed by atoms with Gasteiger partial charge in [-0.1, -0.05) is 40.1 Å². The van der Waals surface area contributed by atoms with Crippen LogP contribution in [0.15, 0.2) is 22.7 Å². The Balaban J connectivity index is 1.22. The molecule has 3 aliphatic rings. The van der Waals surface area contributed by atoms with Crippen molar-refractivity contribution in [1.29, 1.82) is 5.26 Å². The van der Waals surface area contributed by atoms with Crippen LogP contribution in [-0.4, -0.2) is 53.4 Å². The summed E-state index contributed by atoms with van der Waals surface area (Å²) in [5, 5.41) is 13.2. The van der Waals surface area contributed by atoms with Gasteiger partial charge in [0.1, 0.15) is 5.54 Å². The maximum Gasteiger partial charge on any atom is 0.226 e. The number of hydrogen-bond donors (Lipinski definition) is 1. The predicted octanol–water partition coefficient (Wildman–Crippen LogP) is 3.69. The molecule has 1 aliphatic heterocycles. The standard InChI is InChI=1S/C23H26BrN5O2S/c24-15-5-6-18-19(13-15)32-22(26-18)29-11-9-28(10-12-29)21(31)17-4-2-1-3-16(17)20(30)27-23(14-25)7-8-23/h5-6,13,16-17H,1-4,7-12H2,(H,27,30)/t16-,17?/m1/s1. The monoisotopic (exact) mass is 515 g/mol. The second-order valence-electron chi connectivity index (χ2n) is 9.10. The molecule has 0 radical (unpaired) electrons. The van der Waals surface area contributed by atoms with Gasteiger partial charge in [0, 0.05) is 42.5 Å². The first-order chi connectivity index (χ1) is 15.5. The Kier molecular flexibility index (Phi) is 5.84. The minimum atomic E-state index is -0.680. The highest BCUT2D eigenvalue weighted by atomic mass is 79.9.